The van der Waals surface area contributed by atoms with Crippen molar-refractivity contribution in [3.8, 4) is 55.6 Å². The zero-order valence-electron chi connectivity index (χ0n) is 28.6. The summed E-state index contributed by atoms with van der Waals surface area (Å²) in [6, 6.07) is 75.4. The molecule has 0 heterocycles. The van der Waals surface area contributed by atoms with Crippen molar-refractivity contribution < 1.29 is 0 Å². The summed E-state index contributed by atoms with van der Waals surface area (Å²) in [7, 11) is 0. The van der Waals surface area contributed by atoms with E-state index in [0.29, 0.717) is 0 Å². The van der Waals surface area contributed by atoms with Crippen molar-refractivity contribution in [1.82, 2.24) is 0 Å². The molecule has 0 bridgehead atoms. The Morgan fingerprint density at radius 3 is 0.846 bits per heavy atom. The fourth-order valence-electron chi connectivity index (χ4n) is 8.36. The van der Waals surface area contributed by atoms with Crippen molar-refractivity contribution in [1.29, 1.82) is 0 Å². The second kappa shape index (κ2) is 12.5. The van der Waals surface area contributed by atoms with Crippen LogP contribution in [0.1, 0.15) is 0 Å². The number of benzene rings is 10. The number of hydrogen-bond donors (Lipinski definition) is 0. The highest BCUT2D eigenvalue weighted by atomic mass is 14.2. The van der Waals surface area contributed by atoms with Gasteiger partial charge in [0.05, 0.1) is 0 Å². The van der Waals surface area contributed by atoms with Gasteiger partial charge in [0.25, 0.3) is 0 Å². The van der Waals surface area contributed by atoms with Crippen molar-refractivity contribution in [2.45, 2.75) is 0 Å². The molecule has 0 fully saturated rings. The van der Waals surface area contributed by atoms with Crippen LogP contribution in [0.2, 0.25) is 0 Å². The second-order valence-corrected chi connectivity index (χ2v) is 13.6. The van der Waals surface area contributed by atoms with Gasteiger partial charge in [0, 0.05) is 0 Å². The van der Waals surface area contributed by atoms with E-state index in [-0.39, 0.29) is 0 Å². The van der Waals surface area contributed by atoms with E-state index in [1.54, 1.807) is 0 Å². The Labute approximate surface area is 303 Å². The minimum absolute atomic E-state index is 1.22. The molecule has 0 aliphatic rings. The molecule has 242 valence electrons. The Morgan fingerprint density at radius 1 is 0.154 bits per heavy atom. The molecule has 0 unspecified atom stereocenters. The zero-order valence-corrected chi connectivity index (χ0v) is 28.6. The molecule has 0 saturated carbocycles. The van der Waals surface area contributed by atoms with Gasteiger partial charge in [0.1, 0.15) is 0 Å². The lowest BCUT2D eigenvalue weighted by atomic mass is 9.81. The standard InChI is InChI=1S/C52H34/c1-3-16-35(17-4-1)37-30-32-38(33-31-37)49-41-22-7-11-26-45(41)51(46-27-12-8-23-42(46)49)52-47-28-13-9-24-43(47)50(44-25-10-14-29-48(44)52)40-21-15-20-39(34-40)36-18-5-2-6-19-36/h1-34H. The van der Waals surface area contributed by atoms with Gasteiger partial charge in [0.2, 0.25) is 0 Å². The fraction of sp³-hybridized carbons (Fsp3) is 0. The monoisotopic (exact) mass is 658 g/mol. The van der Waals surface area contributed by atoms with Crippen molar-refractivity contribution in [2.75, 3.05) is 0 Å². The van der Waals surface area contributed by atoms with E-state index in [1.165, 1.54) is 98.7 Å². The third-order valence-corrected chi connectivity index (χ3v) is 10.7. The highest BCUT2D eigenvalue weighted by molar-refractivity contribution is 6.30. The molecular weight excluding hydrogens is 625 g/mol. The van der Waals surface area contributed by atoms with Gasteiger partial charge in [-0.3, -0.25) is 0 Å². The Morgan fingerprint density at radius 2 is 0.423 bits per heavy atom. The molecule has 0 N–H and O–H groups in total. The summed E-state index contributed by atoms with van der Waals surface area (Å²) >= 11 is 0. The molecule has 10 rings (SSSR count). The summed E-state index contributed by atoms with van der Waals surface area (Å²) in [4.78, 5) is 0. The zero-order chi connectivity index (χ0) is 34.4. The maximum atomic E-state index is 2.35. The maximum Gasteiger partial charge on any atom is -0.00139 e. The number of fused-ring (bicyclic) bond motifs is 4. The third kappa shape index (κ3) is 4.92. The predicted molar refractivity (Wildman–Crippen MR) is 224 cm³/mol. The SMILES string of the molecule is c1ccc(-c2ccc(-c3c4ccccc4c(-c4c5ccccc5c(-c5cccc(-c6ccccc6)c5)c5ccccc45)c4ccccc34)cc2)cc1. The average molecular weight is 659 g/mol. The molecule has 0 atom stereocenters. The Kier molecular flexibility index (Phi) is 7.25. The normalized spacial score (nSPS) is 11.5. The van der Waals surface area contributed by atoms with Crippen molar-refractivity contribution >= 4 is 43.1 Å². The van der Waals surface area contributed by atoms with Crippen LogP contribution in [0.15, 0.2) is 206 Å². The van der Waals surface area contributed by atoms with E-state index in [0.717, 1.165) is 0 Å². The van der Waals surface area contributed by atoms with Gasteiger partial charge in [-0.1, -0.05) is 200 Å². The van der Waals surface area contributed by atoms with Crippen LogP contribution in [0.25, 0.3) is 98.7 Å². The predicted octanol–water partition coefficient (Wildman–Crippen LogP) is 14.6. The molecule has 0 aliphatic carbocycles. The first-order valence-electron chi connectivity index (χ1n) is 18.0. The molecule has 0 spiro atoms. The van der Waals surface area contributed by atoms with Crippen LogP contribution < -0.4 is 0 Å². The van der Waals surface area contributed by atoms with Gasteiger partial charge in [0.15, 0.2) is 0 Å². The summed E-state index contributed by atoms with van der Waals surface area (Å²) in [6.45, 7) is 0. The first-order valence-corrected chi connectivity index (χ1v) is 18.0. The lowest BCUT2D eigenvalue weighted by Gasteiger charge is -2.22. The van der Waals surface area contributed by atoms with Gasteiger partial charge < -0.3 is 0 Å². The smallest absolute Gasteiger partial charge is 0.00139 e. The van der Waals surface area contributed by atoms with Crippen LogP contribution in [0.4, 0.5) is 0 Å². The quantitative estimate of drug-likeness (QED) is 0.161. The van der Waals surface area contributed by atoms with Crippen LogP contribution in [0, 0.1) is 0 Å². The summed E-state index contributed by atoms with van der Waals surface area (Å²) in [5.41, 5.74) is 12.5. The Hall–Kier alpha value is -6.76. The topological polar surface area (TPSA) is 0 Å². The molecule has 0 heteroatoms. The van der Waals surface area contributed by atoms with Crippen molar-refractivity contribution in [3.63, 3.8) is 0 Å². The van der Waals surface area contributed by atoms with E-state index in [2.05, 4.69) is 206 Å². The summed E-state index contributed by atoms with van der Waals surface area (Å²) in [5.74, 6) is 0. The Bertz CT molecular complexity index is 2800. The first kappa shape index (κ1) is 30.1. The third-order valence-electron chi connectivity index (χ3n) is 10.7. The van der Waals surface area contributed by atoms with E-state index in [1.807, 2.05) is 0 Å². The van der Waals surface area contributed by atoms with Crippen molar-refractivity contribution in [3.05, 3.63) is 206 Å². The van der Waals surface area contributed by atoms with Gasteiger partial charge in [-0.15, -0.1) is 0 Å². The van der Waals surface area contributed by atoms with Gasteiger partial charge >= 0.3 is 0 Å². The van der Waals surface area contributed by atoms with Crippen LogP contribution >= 0.6 is 0 Å². The molecule has 0 amide bonds. The maximum absolute atomic E-state index is 2.35. The molecule has 0 aromatic heterocycles. The molecule has 10 aromatic rings. The van der Waals surface area contributed by atoms with E-state index in [9.17, 15) is 0 Å². The lowest BCUT2D eigenvalue weighted by molar-refractivity contribution is 1.61. The summed E-state index contributed by atoms with van der Waals surface area (Å²) in [6.07, 6.45) is 0. The number of rotatable bonds is 5. The first-order chi connectivity index (χ1) is 25.8. The summed E-state index contributed by atoms with van der Waals surface area (Å²) in [5, 5.41) is 10.1. The Balaban J connectivity index is 1.27. The lowest BCUT2D eigenvalue weighted by Crippen LogP contribution is -1.94. The van der Waals surface area contributed by atoms with Crippen LogP contribution in [0.3, 0.4) is 0 Å². The highest BCUT2D eigenvalue weighted by Gasteiger charge is 2.22. The largest absolute Gasteiger partial charge is 0.0622 e. The van der Waals surface area contributed by atoms with E-state index < -0.39 is 0 Å². The summed E-state index contributed by atoms with van der Waals surface area (Å²) < 4.78 is 0. The van der Waals surface area contributed by atoms with Crippen LogP contribution in [-0.4, -0.2) is 0 Å². The average Bonchev–Trinajstić information content (AvgIpc) is 3.23. The number of hydrogen-bond acceptors (Lipinski definition) is 0. The molecule has 0 saturated heterocycles. The molecule has 0 nitrogen and oxygen atoms in total. The van der Waals surface area contributed by atoms with E-state index in [4.69, 9.17) is 0 Å². The molecule has 52 heavy (non-hydrogen) atoms. The minimum atomic E-state index is 1.22. The van der Waals surface area contributed by atoms with Gasteiger partial charge in [-0.05, 0) is 105 Å². The minimum Gasteiger partial charge on any atom is -0.0622 e. The molecule has 10 aromatic carbocycles. The van der Waals surface area contributed by atoms with Crippen molar-refractivity contribution in [2.24, 2.45) is 0 Å². The fourth-order valence-corrected chi connectivity index (χ4v) is 8.36. The highest BCUT2D eigenvalue weighted by Crippen LogP contribution is 2.50. The van der Waals surface area contributed by atoms with E-state index >= 15 is 0 Å². The second-order valence-electron chi connectivity index (χ2n) is 13.6. The van der Waals surface area contributed by atoms with Gasteiger partial charge in [-0.2, -0.15) is 0 Å². The van der Waals surface area contributed by atoms with Crippen LogP contribution in [-0.2, 0) is 0 Å². The molecule has 0 aliphatic heterocycles. The van der Waals surface area contributed by atoms with Gasteiger partial charge in [-0.25, -0.2) is 0 Å². The molecular formula is C52H34. The molecule has 0 radical (unpaired) electrons. The van der Waals surface area contributed by atoms with Crippen LogP contribution in [0.5, 0.6) is 0 Å².